The number of rotatable bonds is 5. The van der Waals surface area contributed by atoms with Gasteiger partial charge in [0, 0.05) is 27.1 Å². The van der Waals surface area contributed by atoms with Gasteiger partial charge < -0.3 is 18.9 Å². The Hall–Kier alpha value is -1.14. The van der Waals surface area contributed by atoms with Crippen molar-refractivity contribution in [2.75, 3.05) is 28.4 Å². The van der Waals surface area contributed by atoms with Gasteiger partial charge in [0.25, 0.3) is 0 Å². The van der Waals surface area contributed by atoms with Gasteiger partial charge in [0.15, 0.2) is 5.79 Å². The van der Waals surface area contributed by atoms with E-state index in [1.54, 1.807) is 0 Å². The maximum atomic E-state index is 11.7. The van der Waals surface area contributed by atoms with Gasteiger partial charge in [-0.15, -0.1) is 0 Å². The van der Waals surface area contributed by atoms with E-state index in [2.05, 4.69) is 4.74 Å². The Bertz CT molecular complexity index is 296. The molecule has 17 heavy (non-hydrogen) atoms. The van der Waals surface area contributed by atoms with Gasteiger partial charge in [-0.2, -0.15) is 0 Å². The lowest BCUT2D eigenvalue weighted by Gasteiger charge is -2.50. The van der Waals surface area contributed by atoms with Gasteiger partial charge in [-0.05, 0) is 5.92 Å². The molecule has 6 nitrogen and oxygen atoms in total. The van der Waals surface area contributed by atoms with E-state index in [1.165, 1.54) is 28.4 Å². The van der Waals surface area contributed by atoms with E-state index in [4.69, 9.17) is 14.2 Å². The molecule has 1 rings (SSSR count). The highest BCUT2D eigenvalue weighted by molar-refractivity contribution is 5.77. The standard InChI is InChI=1S/C11H18O6/c1-14-8(12)5-7-6-11(16-3,17-4)9(7)10(13)15-2/h7,9H,5-6H2,1-4H3. The number of carbonyl (C=O) groups excluding carboxylic acids is 2. The van der Waals surface area contributed by atoms with Crippen LogP contribution in [0.15, 0.2) is 0 Å². The van der Waals surface area contributed by atoms with Gasteiger partial charge in [-0.3, -0.25) is 9.59 Å². The Balaban J connectivity index is 2.77. The van der Waals surface area contributed by atoms with E-state index in [9.17, 15) is 9.59 Å². The molecule has 0 amide bonds. The molecule has 1 aliphatic rings. The second kappa shape index (κ2) is 5.46. The Kier molecular flexibility index (Phi) is 4.47. The summed E-state index contributed by atoms with van der Waals surface area (Å²) >= 11 is 0. The maximum Gasteiger partial charge on any atom is 0.314 e. The number of ether oxygens (including phenoxy) is 4. The van der Waals surface area contributed by atoms with Gasteiger partial charge in [0.05, 0.1) is 14.2 Å². The molecule has 2 unspecified atom stereocenters. The molecule has 0 bridgehead atoms. The van der Waals surface area contributed by atoms with Crippen molar-refractivity contribution in [1.82, 2.24) is 0 Å². The van der Waals surface area contributed by atoms with Gasteiger partial charge in [-0.25, -0.2) is 0 Å². The van der Waals surface area contributed by atoms with Crippen molar-refractivity contribution < 1.29 is 28.5 Å². The van der Waals surface area contributed by atoms with Crippen molar-refractivity contribution in [3.8, 4) is 0 Å². The highest BCUT2D eigenvalue weighted by atomic mass is 16.7. The Morgan fingerprint density at radius 3 is 2.12 bits per heavy atom. The van der Waals surface area contributed by atoms with Crippen LogP contribution in [0.2, 0.25) is 0 Å². The topological polar surface area (TPSA) is 71.1 Å². The average Bonchev–Trinajstić information content (AvgIpc) is 2.33. The predicted octanol–water partition coefficient (Wildman–Crippen LogP) is 0.348. The Morgan fingerprint density at radius 2 is 1.71 bits per heavy atom. The van der Waals surface area contributed by atoms with Gasteiger partial charge in [0.1, 0.15) is 5.92 Å². The quantitative estimate of drug-likeness (QED) is 0.515. The van der Waals surface area contributed by atoms with Crippen LogP contribution in [0.1, 0.15) is 12.8 Å². The molecule has 6 heteroatoms. The number of hydrogen-bond acceptors (Lipinski definition) is 6. The zero-order valence-electron chi connectivity index (χ0n) is 10.5. The van der Waals surface area contributed by atoms with Crippen LogP contribution in [0.25, 0.3) is 0 Å². The summed E-state index contributed by atoms with van der Waals surface area (Å²) in [6.07, 6.45) is 0.625. The lowest BCUT2D eigenvalue weighted by atomic mass is 9.66. The van der Waals surface area contributed by atoms with E-state index in [0.717, 1.165) is 0 Å². The molecule has 0 saturated heterocycles. The maximum absolute atomic E-state index is 11.7. The molecule has 0 aliphatic heterocycles. The molecule has 0 aromatic heterocycles. The van der Waals surface area contributed by atoms with E-state index in [1.807, 2.05) is 0 Å². The first-order valence-corrected chi connectivity index (χ1v) is 5.29. The van der Waals surface area contributed by atoms with Crippen LogP contribution < -0.4 is 0 Å². The zero-order chi connectivity index (χ0) is 13.1. The first-order valence-electron chi connectivity index (χ1n) is 5.29. The van der Waals surface area contributed by atoms with Crippen LogP contribution in [0.4, 0.5) is 0 Å². The normalized spacial score (nSPS) is 25.9. The van der Waals surface area contributed by atoms with Gasteiger partial charge in [0.2, 0.25) is 0 Å². The lowest BCUT2D eigenvalue weighted by Crippen LogP contribution is -2.60. The van der Waals surface area contributed by atoms with E-state index >= 15 is 0 Å². The third-order valence-corrected chi connectivity index (χ3v) is 3.29. The zero-order valence-corrected chi connectivity index (χ0v) is 10.5. The molecule has 0 aromatic carbocycles. The summed E-state index contributed by atoms with van der Waals surface area (Å²) in [6, 6.07) is 0. The fourth-order valence-corrected chi connectivity index (χ4v) is 2.30. The molecule has 98 valence electrons. The average molecular weight is 246 g/mol. The molecule has 1 aliphatic carbocycles. The highest BCUT2D eigenvalue weighted by Gasteiger charge is 2.60. The van der Waals surface area contributed by atoms with Crippen molar-refractivity contribution in [1.29, 1.82) is 0 Å². The second-order valence-electron chi connectivity index (χ2n) is 3.97. The summed E-state index contributed by atoms with van der Waals surface area (Å²) in [4.78, 5) is 22.9. The van der Waals surface area contributed by atoms with E-state index in [0.29, 0.717) is 6.42 Å². The van der Waals surface area contributed by atoms with Crippen LogP contribution in [0, 0.1) is 11.8 Å². The molecule has 0 radical (unpaired) electrons. The molecule has 0 heterocycles. The molecule has 0 spiro atoms. The Morgan fingerprint density at radius 1 is 1.12 bits per heavy atom. The number of methoxy groups -OCH3 is 4. The smallest absolute Gasteiger partial charge is 0.314 e. The molecular weight excluding hydrogens is 228 g/mol. The van der Waals surface area contributed by atoms with Gasteiger partial charge in [-0.1, -0.05) is 0 Å². The van der Waals surface area contributed by atoms with Crippen molar-refractivity contribution in [3.63, 3.8) is 0 Å². The third kappa shape index (κ3) is 2.42. The minimum atomic E-state index is -0.980. The van der Waals surface area contributed by atoms with Crippen molar-refractivity contribution >= 4 is 11.9 Å². The highest BCUT2D eigenvalue weighted by Crippen LogP contribution is 2.49. The number of esters is 2. The summed E-state index contributed by atoms with van der Waals surface area (Å²) in [7, 11) is 5.54. The molecule has 0 N–H and O–H groups in total. The van der Waals surface area contributed by atoms with Crippen LogP contribution in [-0.2, 0) is 28.5 Å². The van der Waals surface area contributed by atoms with Gasteiger partial charge >= 0.3 is 11.9 Å². The van der Waals surface area contributed by atoms with Crippen LogP contribution in [0.5, 0.6) is 0 Å². The van der Waals surface area contributed by atoms with E-state index in [-0.39, 0.29) is 18.3 Å². The minimum absolute atomic E-state index is 0.157. The summed E-state index contributed by atoms with van der Waals surface area (Å²) in [6.45, 7) is 0. The second-order valence-corrected chi connectivity index (χ2v) is 3.97. The summed E-state index contributed by atoms with van der Waals surface area (Å²) in [5.74, 6) is -2.54. The SMILES string of the molecule is COC(=O)CC1CC(OC)(OC)C1C(=O)OC. The summed E-state index contributed by atoms with van der Waals surface area (Å²) in [5, 5.41) is 0. The summed E-state index contributed by atoms with van der Waals surface area (Å²) < 4.78 is 19.7. The lowest BCUT2D eigenvalue weighted by molar-refractivity contribution is -0.306. The molecule has 1 fully saturated rings. The summed E-state index contributed by atoms with van der Waals surface area (Å²) in [5.41, 5.74) is 0. The van der Waals surface area contributed by atoms with Crippen LogP contribution in [-0.4, -0.2) is 46.2 Å². The first-order chi connectivity index (χ1) is 8.04. The molecule has 1 saturated carbocycles. The van der Waals surface area contributed by atoms with Crippen LogP contribution in [0.3, 0.4) is 0 Å². The molecular formula is C11H18O6. The van der Waals surface area contributed by atoms with Crippen LogP contribution >= 0.6 is 0 Å². The fourth-order valence-electron chi connectivity index (χ4n) is 2.30. The molecule has 0 aromatic rings. The van der Waals surface area contributed by atoms with Crippen molar-refractivity contribution in [3.05, 3.63) is 0 Å². The monoisotopic (exact) mass is 246 g/mol. The van der Waals surface area contributed by atoms with E-state index < -0.39 is 17.7 Å². The fraction of sp³-hybridized carbons (Fsp3) is 0.818. The number of carbonyl (C=O) groups is 2. The molecule has 2 atom stereocenters. The van der Waals surface area contributed by atoms with Crippen molar-refractivity contribution in [2.24, 2.45) is 11.8 Å². The Labute approximate surface area is 100 Å². The first kappa shape index (κ1) is 13.9. The third-order valence-electron chi connectivity index (χ3n) is 3.29. The minimum Gasteiger partial charge on any atom is -0.469 e. The predicted molar refractivity (Wildman–Crippen MR) is 57.0 cm³/mol. The van der Waals surface area contributed by atoms with Crippen molar-refractivity contribution in [2.45, 2.75) is 18.6 Å². The number of hydrogen-bond donors (Lipinski definition) is 0. The largest absolute Gasteiger partial charge is 0.469 e.